The van der Waals surface area contributed by atoms with Gasteiger partial charge in [0.05, 0.1) is 5.56 Å². The fourth-order valence-corrected chi connectivity index (χ4v) is 3.18. The second kappa shape index (κ2) is 5.61. The molecule has 0 spiro atoms. The molecule has 2 aliphatic rings. The number of hydrogen-bond acceptors (Lipinski definition) is 5. The maximum absolute atomic E-state index is 11.8. The van der Waals surface area contributed by atoms with E-state index in [1.807, 2.05) is 19.9 Å². The van der Waals surface area contributed by atoms with Gasteiger partial charge >= 0.3 is 0 Å². The number of primary amides is 1. The van der Waals surface area contributed by atoms with Gasteiger partial charge in [0.15, 0.2) is 0 Å². The Morgan fingerprint density at radius 1 is 1.29 bits per heavy atom. The summed E-state index contributed by atoms with van der Waals surface area (Å²) in [6.45, 7) is 9.88. The first kappa shape index (κ1) is 14.3. The van der Waals surface area contributed by atoms with E-state index in [2.05, 4.69) is 20.1 Å². The Bertz CT molecular complexity index is 547. The number of carbonyl (C=O) groups is 1. The monoisotopic (exact) mass is 289 g/mol. The summed E-state index contributed by atoms with van der Waals surface area (Å²) in [4.78, 5) is 21.0. The molecule has 1 aromatic rings. The second-order valence-electron chi connectivity index (χ2n) is 5.98. The third kappa shape index (κ3) is 2.73. The average molecular weight is 289 g/mol. The van der Waals surface area contributed by atoms with Crippen LogP contribution in [-0.2, 0) is 0 Å². The predicted molar refractivity (Wildman–Crippen MR) is 82.7 cm³/mol. The number of nitrogens with zero attached hydrogens (tertiary/aromatic N) is 3. The molecule has 2 fully saturated rings. The fraction of sp³-hybridized carbons (Fsp3) is 0.600. The molecule has 2 aliphatic heterocycles. The number of hydrogen-bond donors (Lipinski definition) is 2. The molecule has 0 saturated carbocycles. The largest absolute Gasteiger partial charge is 0.365 e. The second-order valence-corrected chi connectivity index (χ2v) is 5.98. The number of nitrogens with two attached hydrogens (primary N) is 1. The minimum absolute atomic E-state index is 0.388. The van der Waals surface area contributed by atoms with Gasteiger partial charge in [-0.05, 0) is 25.5 Å². The van der Waals surface area contributed by atoms with E-state index in [1.165, 1.54) is 0 Å². The van der Waals surface area contributed by atoms with E-state index in [1.54, 1.807) is 0 Å². The Morgan fingerprint density at radius 3 is 2.48 bits per heavy atom. The summed E-state index contributed by atoms with van der Waals surface area (Å²) in [5.41, 5.74) is 7.96. The molecule has 3 N–H and O–H groups in total. The van der Waals surface area contributed by atoms with Gasteiger partial charge in [0.2, 0.25) is 0 Å². The molecule has 3 heterocycles. The Balaban J connectivity index is 1.79. The summed E-state index contributed by atoms with van der Waals surface area (Å²) in [5, 5.41) is 3.31. The van der Waals surface area contributed by atoms with Crippen molar-refractivity contribution in [3.63, 3.8) is 0 Å². The Kier molecular flexibility index (Phi) is 3.82. The van der Waals surface area contributed by atoms with Crippen molar-refractivity contribution >= 4 is 11.7 Å². The van der Waals surface area contributed by atoms with Crippen LogP contribution in [0.5, 0.6) is 0 Å². The molecule has 3 rings (SSSR count). The number of aryl methyl sites for hydroxylation is 2. The third-order valence-electron chi connectivity index (χ3n) is 4.46. The molecule has 0 unspecified atom stereocenters. The van der Waals surface area contributed by atoms with Crippen molar-refractivity contribution in [3.8, 4) is 0 Å². The van der Waals surface area contributed by atoms with Gasteiger partial charge in [0.1, 0.15) is 5.82 Å². The molecule has 0 aliphatic carbocycles. The first-order valence-electron chi connectivity index (χ1n) is 7.54. The van der Waals surface area contributed by atoms with E-state index in [4.69, 9.17) is 5.73 Å². The predicted octanol–water partition coefficient (Wildman–Crippen LogP) is -0.109. The van der Waals surface area contributed by atoms with Crippen LogP contribution in [0.25, 0.3) is 0 Å². The van der Waals surface area contributed by atoms with E-state index in [-0.39, 0.29) is 5.91 Å². The van der Waals surface area contributed by atoms with E-state index in [0.29, 0.717) is 11.6 Å². The Labute approximate surface area is 125 Å². The highest BCUT2D eigenvalue weighted by molar-refractivity contribution is 5.99. The van der Waals surface area contributed by atoms with Gasteiger partial charge in [-0.25, -0.2) is 4.98 Å². The molecular formula is C15H23N5O. The maximum Gasteiger partial charge on any atom is 0.252 e. The molecule has 6 nitrogen and oxygen atoms in total. The highest BCUT2D eigenvalue weighted by atomic mass is 16.1. The molecule has 21 heavy (non-hydrogen) atoms. The molecule has 114 valence electrons. The lowest BCUT2D eigenvalue weighted by Gasteiger charge is -2.43. The Morgan fingerprint density at radius 2 is 1.95 bits per heavy atom. The average Bonchev–Trinajstić information content (AvgIpc) is 2.36. The van der Waals surface area contributed by atoms with Gasteiger partial charge in [-0.1, -0.05) is 0 Å². The zero-order chi connectivity index (χ0) is 15.0. The zero-order valence-corrected chi connectivity index (χ0v) is 12.7. The molecule has 0 aromatic carbocycles. The van der Waals surface area contributed by atoms with Gasteiger partial charge in [-0.3, -0.25) is 9.69 Å². The highest BCUT2D eigenvalue weighted by Crippen LogP contribution is 2.24. The third-order valence-corrected chi connectivity index (χ3v) is 4.46. The number of rotatable bonds is 3. The lowest BCUT2D eigenvalue weighted by molar-refractivity contribution is 0.0999. The quantitative estimate of drug-likeness (QED) is 0.812. The Hall–Kier alpha value is -1.66. The minimum atomic E-state index is -0.388. The van der Waals surface area contributed by atoms with Gasteiger partial charge in [0.25, 0.3) is 5.91 Å². The number of carbonyl (C=O) groups excluding carboxylic acids is 1. The molecule has 6 heteroatoms. The number of aromatic nitrogens is 1. The van der Waals surface area contributed by atoms with Crippen LogP contribution in [0.2, 0.25) is 0 Å². The van der Waals surface area contributed by atoms with Crippen molar-refractivity contribution in [3.05, 3.63) is 22.9 Å². The lowest BCUT2D eigenvalue weighted by Crippen LogP contribution is -2.61. The summed E-state index contributed by atoms with van der Waals surface area (Å²) >= 11 is 0. The highest BCUT2D eigenvalue weighted by Gasteiger charge is 2.29. The summed E-state index contributed by atoms with van der Waals surface area (Å²) in [6.07, 6.45) is 0. The number of amides is 1. The van der Waals surface area contributed by atoms with Crippen LogP contribution in [0.15, 0.2) is 6.07 Å². The summed E-state index contributed by atoms with van der Waals surface area (Å²) in [6, 6.07) is 2.59. The molecular weight excluding hydrogens is 266 g/mol. The number of pyridine rings is 1. The number of piperazine rings is 1. The summed E-state index contributed by atoms with van der Waals surface area (Å²) in [5.74, 6) is 0.368. The van der Waals surface area contributed by atoms with Gasteiger partial charge in [-0.15, -0.1) is 0 Å². The van der Waals surface area contributed by atoms with Crippen LogP contribution >= 0.6 is 0 Å². The molecule has 0 atom stereocenters. The number of nitrogens with one attached hydrogen (secondary N) is 1. The molecule has 0 radical (unpaired) electrons. The molecule has 2 saturated heterocycles. The van der Waals surface area contributed by atoms with Crippen molar-refractivity contribution in [1.29, 1.82) is 0 Å². The zero-order valence-electron chi connectivity index (χ0n) is 12.7. The summed E-state index contributed by atoms with van der Waals surface area (Å²) in [7, 11) is 0. The van der Waals surface area contributed by atoms with E-state index >= 15 is 0 Å². The maximum atomic E-state index is 11.8. The van der Waals surface area contributed by atoms with Crippen molar-refractivity contribution in [2.45, 2.75) is 19.9 Å². The van der Waals surface area contributed by atoms with E-state index < -0.39 is 0 Å². The smallest absolute Gasteiger partial charge is 0.252 e. The minimum Gasteiger partial charge on any atom is -0.365 e. The fourth-order valence-electron chi connectivity index (χ4n) is 3.18. The summed E-state index contributed by atoms with van der Waals surface area (Å²) < 4.78 is 0. The number of anilines is 1. The van der Waals surface area contributed by atoms with Crippen LogP contribution in [0, 0.1) is 13.8 Å². The van der Waals surface area contributed by atoms with Crippen LogP contribution in [0.3, 0.4) is 0 Å². The molecule has 0 bridgehead atoms. The van der Waals surface area contributed by atoms with Gasteiger partial charge in [-0.2, -0.15) is 0 Å². The van der Waals surface area contributed by atoms with Gasteiger partial charge in [0, 0.05) is 51.0 Å². The van der Waals surface area contributed by atoms with Gasteiger partial charge < -0.3 is 16.0 Å². The van der Waals surface area contributed by atoms with Crippen molar-refractivity contribution in [2.24, 2.45) is 5.73 Å². The van der Waals surface area contributed by atoms with Crippen molar-refractivity contribution in [2.75, 3.05) is 44.2 Å². The van der Waals surface area contributed by atoms with E-state index in [0.717, 1.165) is 56.3 Å². The van der Waals surface area contributed by atoms with Crippen LogP contribution < -0.4 is 16.0 Å². The van der Waals surface area contributed by atoms with Crippen LogP contribution in [0.4, 0.5) is 5.82 Å². The first-order valence-corrected chi connectivity index (χ1v) is 7.54. The SMILES string of the molecule is Cc1cc(C)c(C(N)=O)c(N2CCN(C3CNC3)CC2)n1. The first-order chi connectivity index (χ1) is 10.1. The lowest BCUT2D eigenvalue weighted by atomic mass is 10.1. The standard InChI is InChI=1S/C15H23N5O/c1-10-7-11(2)18-15(13(10)14(16)21)20-5-3-19(4-6-20)12-8-17-9-12/h7,12,17H,3-6,8-9H2,1-2H3,(H2,16,21). The van der Waals surface area contributed by atoms with E-state index in [9.17, 15) is 4.79 Å². The van der Waals surface area contributed by atoms with Crippen molar-refractivity contribution in [1.82, 2.24) is 15.2 Å². The van der Waals surface area contributed by atoms with Crippen LogP contribution in [0.1, 0.15) is 21.6 Å². The molecule has 1 aromatic heterocycles. The van der Waals surface area contributed by atoms with Crippen LogP contribution in [-0.4, -0.2) is 61.1 Å². The normalized spacial score (nSPS) is 20.4. The topological polar surface area (TPSA) is 74.5 Å². The van der Waals surface area contributed by atoms with Crippen molar-refractivity contribution < 1.29 is 4.79 Å². The molecule has 1 amide bonds.